The molecule has 234 valence electrons. The maximum atomic E-state index is 14.5. The van der Waals surface area contributed by atoms with E-state index in [1.165, 1.54) is 12.1 Å². The van der Waals surface area contributed by atoms with Crippen LogP contribution in [0.2, 0.25) is 0 Å². The van der Waals surface area contributed by atoms with Gasteiger partial charge < -0.3 is 24.1 Å². The molecule has 1 saturated carbocycles. The van der Waals surface area contributed by atoms with E-state index >= 15 is 0 Å². The zero-order valence-corrected chi connectivity index (χ0v) is 26.0. The Morgan fingerprint density at radius 2 is 1.51 bits per heavy atom. The number of benzene rings is 2. The highest BCUT2D eigenvalue weighted by atomic mass is 19.4. The summed E-state index contributed by atoms with van der Waals surface area (Å²) < 4.78 is 65.0. The summed E-state index contributed by atoms with van der Waals surface area (Å²) >= 11 is 0. The quantitative estimate of drug-likeness (QED) is 0.220. The second-order valence-corrected chi connectivity index (χ2v) is 12.5. The summed E-state index contributed by atoms with van der Waals surface area (Å²) in [6.07, 6.45) is 0.0253. The number of alkyl halides is 3. The van der Waals surface area contributed by atoms with E-state index in [4.69, 9.17) is 18.8 Å². The molecule has 2 aromatic carbocycles. The first-order valence-electron chi connectivity index (χ1n) is 15.0. The summed E-state index contributed by atoms with van der Waals surface area (Å²) in [5.74, 6) is -0.704. The van der Waals surface area contributed by atoms with Crippen LogP contribution in [0.5, 0.6) is 5.75 Å². The second kappa shape index (κ2) is 12.6. The summed E-state index contributed by atoms with van der Waals surface area (Å²) in [5, 5.41) is 3.46. The molecule has 1 aliphatic carbocycles. The van der Waals surface area contributed by atoms with Crippen molar-refractivity contribution in [2.45, 2.75) is 89.6 Å². The van der Waals surface area contributed by atoms with E-state index < -0.39 is 47.5 Å². The molecule has 6 nitrogen and oxygen atoms in total. The molecule has 2 aromatic rings. The molecule has 43 heavy (non-hydrogen) atoms. The minimum absolute atomic E-state index is 0.0577. The summed E-state index contributed by atoms with van der Waals surface area (Å²) in [7, 11) is 0.708. The summed E-state index contributed by atoms with van der Waals surface area (Å²) in [5.41, 5.74) is -2.35. The average Bonchev–Trinajstić information content (AvgIpc) is 3.19. The molecule has 2 fully saturated rings. The van der Waals surface area contributed by atoms with Crippen molar-refractivity contribution < 1.29 is 36.7 Å². The van der Waals surface area contributed by atoms with Crippen LogP contribution in [0.1, 0.15) is 77.8 Å². The van der Waals surface area contributed by atoms with E-state index in [-0.39, 0.29) is 12.5 Å². The van der Waals surface area contributed by atoms with Crippen LogP contribution in [-0.2, 0) is 30.6 Å². The predicted molar refractivity (Wildman–Crippen MR) is 162 cm³/mol. The molecule has 1 saturated heterocycles. The number of halogens is 3. The van der Waals surface area contributed by atoms with Gasteiger partial charge in [-0.1, -0.05) is 31.4 Å². The van der Waals surface area contributed by atoms with Gasteiger partial charge in [-0.2, -0.15) is 13.2 Å². The van der Waals surface area contributed by atoms with Crippen LogP contribution in [-0.4, -0.2) is 38.0 Å². The van der Waals surface area contributed by atoms with Crippen LogP contribution in [0.3, 0.4) is 0 Å². The smallest absolute Gasteiger partial charge is 0.490 e. The van der Waals surface area contributed by atoms with Crippen molar-refractivity contribution in [1.82, 2.24) is 0 Å². The summed E-state index contributed by atoms with van der Waals surface area (Å²) in [6, 6.07) is 11.8. The minimum Gasteiger partial charge on any atom is -0.497 e. The number of carbonyl (C=O) groups excluding carboxylic acids is 1. The lowest BCUT2D eigenvalue weighted by Gasteiger charge is -2.46. The lowest BCUT2D eigenvalue weighted by Crippen LogP contribution is -2.55. The fourth-order valence-corrected chi connectivity index (χ4v) is 6.24. The third kappa shape index (κ3) is 6.60. The molecule has 0 spiro atoms. The van der Waals surface area contributed by atoms with E-state index in [0.29, 0.717) is 22.5 Å². The van der Waals surface area contributed by atoms with Crippen molar-refractivity contribution >= 4 is 18.8 Å². The lowest BCUT2D eigenvalue weighted by atomic mass is 9.56. The van der Waals surface area contributed by atoms with Gasteiger partial charge in [-0.3, -0.25) is 0 Å². The maximum absolute atomic E-state index is 14.5. The maximum Gasteiger partial charge on any atom is 0.490 e. The molecule has 4 rings (SSSR count). The number of hydrogen-bond acceptors (Lipinski definition) is 6. The van der Waals surface area contributed by atoms with Crippen LogP contribution >= 0.6 is 0 Å². The Hall–Kier alpha value is -2.98. The SMILES string of the molecule is C=C(B1OC(C)(C)C(C)(C)O1)[C@H](C1CCCCC1)[C@@](Nc1ccc(OC)cc1)(C(=O)OCC)c1ccc(C(F)(F)F)cc1. The number of hydrogen-bond donors (Lipinski definition) is 1. The van der Waals surface area contributed by atoms with Crippen molar-refractivity contribution in [3.8, 4) is 5.75 Å². The number of anilines is 1. The van der Waals surface area contributed by atoms with Gasteiger partial charge in [0.05, 0.1) is 30.5 Å². The van der Waals surface area contributed by atoms with Crippen molar-refractivity contribution in [2.75, 3.05) is 19.0 Å². The summed E-state index contributed by atoms with van der Waals surface area (Å²) in [4.78, 5) is 14.5. The van der Waals surface area contributed by atoms with Crippen LogP contribution < -0.4 is 10.1 Å². The Balaban J connectivity index is 1.96. The fraction of sp³-hybridized carbons (Fsp3) is 0.545. The topological polar surface area (TPSA) is 66.0 Å². The Morgan fingerprint density at radius 3 is 2.00 bits per heavy atom. The van der Waals surface area contributed by atoms with Crippen molar-refractivity contribution in [3.63, 3.8) is 0 Å². The number of carbonyl (C=O) groups is 1. The van der Waals surface area contributed by atoms with Gasteiger partial charge >= 0.3 is 19.3 Å². The van der Waals surface area contributed by atoms with Crippen LogP contribution in [0, 0.1) is 11.8 Å². The van der Waals surface area contributed by atoms with Crippen LogP contribution in [0.25, 0.3) is 0 Å². The predicted octanol–water partition coefficient (Wildman–Crippen LogP) is 7.97. The number of nitrogens with one attached hydrogen (secondary N) is 1. The first kappa shape index (κ1) is 32.9. The molecule has 0 aromatic heterocycles. The van der Waals surface area contributed by atoms with Gasteiger partial charge in [-0.05, 0) is 101 Å². The Bertz CT molecular complexity index is 1260. The first-order chi connectivity index (χ1) is 20.2. The third-order valence-electron chi connectivity index (χ3n) is 9.24. The van der Waals surface area contributed by atoms with E-state index in [1.807, 2.05) is 27.7 Å². The van der Waals surface area contributed by atoms with E-state index in [2.05, 4.69) is 11.9 Å². The normalized spacial score (nSPS) is 20.6. The molecule has 1 heterocycles. The van der Waals surface area contributed by atoms with Gasteiger partial charge in [0.15, 0.2) is 5.54 Å². The van der Waals surface area contributed by atoms with Crippen LogP contribution in [0.4, 0.5) is 18.9 Å². The molecule has 1 aliphatic heterocycles. The van der Waals surface area contributed by atoms with Gasteiger partial charge in [-0.25, -0.2) is 4.79 Å². The van der Waals surface area contributed by atoms with Gasteiger partial charge in [0.2, 0.25) is 0 Å². The van der Waals surface area contributed by atoms with Crippen LogP contribution in [0.15, 0.2) is 60.6 Å². The molecule has 0 bridgehead atoms. The Kier molecular flexibility index (Phi) is 9.62. The van der Waals surface area contributed by atoms with Gasteiger partial charge in [0.25, 0.3) is 0 Å². The van der Waals surface area contributed by atoms with Gasteiger partial charge in [0.1, 0.15) is 5.75 Å². The molecule has 0 radical (unpaired) electrons. The Morgan fingerprint density at radius 1 is 0.977 bits per heavy atom. The summed E-state index contributed by atoms with van der Waals surface area (Å²) in [6.45, 7) is 14.1. The molecule has 2 aliphatic rings. The number of methoxy groups -OCH3 is 1. The zero-order chi connectivity index (χ0) is 31.6. The number of esters is 1. The van der Waals surface area contributed by atoms with E-state index in [9.17, 15) is 18.0 Å². The average molecular weight is 602 g/mol. The highest BCUT2D eigenvalue weighted by Crippen LogP contribution is 2.50. The molecule has 0 amide bonds. The third-order valence-corrected chi connectivity index (χ3v) is 9.24. The van der Waals surface area contributed by atoms with Gasteiger partial charge in [0, 0.05) is 11.6 Å². The monoisotopic (exact) mass is 601 g/mol. The van der Waals surface area contributed by atoms with E-state index in [0.717, 1.165) is 44.2 Å². The number of rotatable bonds is 10. The standard InChI is InChI=1S/C33H43BF3NO5/c1-8-41-29(39)32(38-26-18-20-27(40-7)21-19-26,24-14-16-25(17-15-24)33(35,36)37)28(23-12-10-9-11-13-23)22(2)34-42-30(3,4)31(5,6)43-34/h14-21,23,28,38H,2,8-13H2,1,3-7H3/t28-,32-/m1/s1. The van der Waals surface area contributed by atoms with Crippen molar-refractivity contribution in [1.29, 1.82) is 0 Å². The zero-order valence-electron chi connectivity index (χ0n) is 26.0. The highest BCUT2D eigenvalue weighted by molar-refractivity contribution is 6.54. The molecule has 1 N–H and O–H groups in total. The molecule has 2 atom stereocenters. The largest absolute Gasteiger partial charge is 0.497 e. The van der Waals surface area contributed by atoms with Crippen molar-refractivity contribution in [2.24, 2.45) is 11.8 Å². The fourth-order valence-electron chi connectivity index (χ4n) is 6.24. The molecular formula is C33H43BF3NO5. The molecule has 0 unspecified atom stereocenters. The lowest BCUT2D eigenvalue weighted by molar-refractivity contribution is -0.151. The number of ether oxygens (including phenoxy) is 2. The highest BCUT2D eigenvalue weighted by Gasteiger charge is 2.59. The second-order valence-electron chi connectivity index (χ2n) is 12.5. The first-order valence-corrected chi connectivity index (χ1v) is 15.0. The molecule has 10 heteroatoms. The van der Waals surface area contributed by atoms with Crippen molar-refractivity contribution in [3.05, 3.63) is 71.7 Å². The van der Waals surface area contributed by atoms with E-state index in [1.54, 1.807) is 38.3 Å². The Labute approximate surface area is 253 Å². The van der Waals surface area contributed by atoms with Gasteiger partial charge in [-0.15, -0.1) is 6.58 Å². The minimum atomic E-state index is -4.54. The molecular weight excluding hydrogens is 558 g/mol.